The second kappa shape index (κ2) is 11.4. The van der Waals surface area contributed by atoms with Crippen LogP contribution in [0.2, 0.25) is 0 Å². The molecule has 0 bridgehead atoms. The second-order valence-electron chi connectivity index (χ2n) is 13.1. The molecule has 4 nitrogen and oxygen atoms in total. The van der Waals surface area contributed by atoms with Crippen molar-refractivity contribution in [3.05, 3.63) is 170 Å². The number of benzene rings is 8. The molecule has 3 heterocycles. The maximum Gasteiger partial charge on any atom is 0.227 e. The third-order valence-electron chi connectivity index (χ3n) is 10.1. The zero-order valence-corrected chi connectivity index (χ0v) is 28.6. The molecule has 244 valence electrons. The van der Waals surface area contributed by atoms with Crippen molar-refractivity contribution in [2.24, 2.45) is 0 Å². The van der Waals surface area contributed by atoms with Crippen molar-refractivity contribution in [2.75, 3.05) is 4.90 Å². The van der Waals surface area contributed by atoms with Gasteiger partial charge in [0, 0.05) is 38.2 Å². The van der Waals surface area contributed by atoms with Crippen LogP contribution in [0.15, 0.2) is 179 Å². The number of hydrogen-bond donors (Lipinski definition) is 0. The topological polar surface area (TPSA) is 42.4 Å². The molecule has 11 aromatic rings. The van der Waals surface area contributed by atoms with Gasteiger partial charge in [-0.1, -0.05) is 109 Å². The molecule has 0 aliphatic rings. The van der Waals surface area contributed by atoms with E-state index in [1.165, 1.54) is 42.1 Å². The minimum atomic E-state index is 0.595. The largest absolute Gasteiger partial charge is 0.456 e. The number of anilines is 3. The first-order valence-corrected chi connectivity index (χ1v) is 18.2. The lowest BCUT2D eigenvalue weighted by molar-refractivity contribution is 0.617. The Bertz CT molecular complexity index is 3130. The summed E-state index contributed by atoms with van der Waals surface area (Å²) in [6.45, 7) is 0. The summed E-state index contributed by atoms with van der Waals surface area (Å²) in [4.78, 5) is 7.31. The van der Waals surface area contributed by atoms with Crippen LogP contribution in [0.3, 0.4) is 0 Å². The molecule has 0 saturated heterocycles. The van der Waals surface area contributed by atoms with E-state index in [9.17, 15) is 0 Å². The molecule has 11 rings (SSSR count). The Labute approximate surface area is 302 Å². The van der Waals surface area contributed by atoms with Gasteiger partial charge in [0.25, 0.3) is 0 Å². The van der Waals surface area contributed by atoms with Crippen LogP contribution in [0.5, 0.6) is 0 Å². The van der Waals surface area contributed by atoms with Gasteiger partial charge >= 0.3 is 0 Å². The molecular weight excluding hydrogens is 657 g/mol. The standard InChI is InChI=1S/C47H28N2O2S/c1-2-12-31(13-3-1)47-48-38-27-37-42(28-43(38)51-47)50-41-21-10-19-39(45(37)41)49(40-20-9-18-36-35-16-6-7-22-44(35)52-46(36)40)32-25-23-30(24-26-32)34-17-8-14-29-11-4-5-15-33(29)34/h1-28H. The summed E-state index contributed by atoms with van der Waals surface area (Å²) in [6, 6.07) is 59.8. The molecule has 8 aromatic carbocycles. The third-order valence-corrected chi connectivity index (χ3v) is 11.3. The molecule has 3 aromatic heterocycles. The van der Waals surface area contributed by atoms with Gasteiger partial charge in [-0.15, -0.1) is 11.3 Å². The van der Waals surface area contributed by atoms with Gasteiger partial charge in [0.05, 0.1) is 21.5 Å². The maximum atomic E-state index is 6.58. The van der Waals surface area contributed by atoms with Crippen LogP contribution in [0.1, 0.15) is 0 Å². The van der Waals surface area contributed by atoms with Crippen LogP contribution in [0.25, 0.3) is 86.6 Å². The number of fused-ring (bicyclic) bond motifs is 8. The first-order chi connectivity index (χ1) is 25.8. The average molecular weight is 685 g/mol. The zero-order valence-electron chi connectivity index (χ0n) is 27.8. The molecule has 5 heteroatoms. The zero-order chi connectivity index (χ0) is 34.2. The lowest BCUT2D eigenvalue weighted by Crippen LogP contribution is -2.10. The highest BCUT2D eigenvalue weighted by Gasteiger charge is 2.23. The first-order valence-electron chi connectivity index (χ1n) is 17.4. The van der Waals surface area contributed by atoms with Gasteiger partial charge in [-0.25, -0.2) is 4.98 Å². The molecule has 0 atom stereocenters. The summed E-state index contributed by atoms with van der Waals surface area (Å²) >= 11 is 1.83. The number of hydrogen-bond acceptors (Lipinski definition) is 5. The van der Waals surface area contributed by atoms with Crippen molar-refractivity contribution < 1.29 is 8.83 Å². The third kappa shape index (κ3) is 4.50. The fraction of sp³-hybridized carbons (Fsp3) is 0. The Kier molecular flexibility index (Phi) is 6.39. The van der Waals surface area contributed by atoms with E-state index < -0.39 is 0 Å². The van der Waals surface area contributed by atoms with E-state index in [2.05, 4.69) is 132 Å². The van der Waals surface area contributed by atoms with Crippen LogP contribution < -0.4 is 4.90 Å². The lowest BCUT2D eigenvalue weighted by atomic mass is 9.98. The summed E-state index contributed by atoms with van der Waals surface area (Å²) in [7, 11) is 0. The van der Waals surface area contributed by atoms with Gasteiger partial charge < -0.3 is 13.7 Å². The first kappa shape index (κ1) is 29.1. The van der Waals surface area contributed by atoms with E-state index in [-0.39, 0.29) is 0 Å². The van der Waals surface area contributed by atoms with Crippen LogP contribution in [-0.4, -0.2) is 4.98 Å². The van der Waals surface area contributed by atoms with E-state index >= 15 is 0 Å². The summed E-state index contributed by atoms with van der Waals surface area (Å²) in [5.74, 6) is 0.595. The van der Waals surface area contributed by atoms with E-state index in [4.69, 9.17) is 13.8 Å². The van der Waals surface area contributed by atoms with E-state index in [1.807, 2.05) is 53.8 Å². The second-order valence-corrected chi connectivity index (χ2v) is 14.2. The Morgan fingerprint density at radius 3 is 2.12 bits per heavy atom. The van der Waals surface area contributed by atoms with E-state index in [0.29, 0.717) is 11.5 Å². The fourth-order valence-electron chi connectivity index (χ4n) is 7.70. The van der Waals surface area contributed by atoms with Crippen LogP contribution in [0, 0.1) is 0 Å². The van der Waals surface area contributed by atoms with Gasteiger partial charge in [-0.2, -0.15) is 0 Å². The Morgan fingerprint density at radius 2 is 1.21 bits per heavy atom. The molecule has 0 aliphatic carbocycles. The highest BCUT2D eigenvalue weighted by molar-refractivity contribution is 7.26. The van der Waals surface area contributed by atoms with Gasteiger partial charge in [0.15, 0.2) is 5.58 Å². The van der Waals surface area contributed by atoms with Crippen LogP contribution in [0.4, 0.5) is 17.1 Å². The molecule has 0 unspecified atom stereocenters. The molecule has 0 spiro atoms. The lowest BCUT2D eigenvalue weighted by Gasteiger charge is -2.27. The monoisotopic (exact) mass is 684 g/mol. The van der Waals surface area contributed by atoms with Crippen molar-refractivity contribution in [2.45, 2.75) is 0 Å². The van der Waals surface area contributed by atoms with Gasteiger partial charge in [0.1, 0.15) is 16.7 Å². The highest BCUT2D eigenvalue weighted by atomic mass is 32.1. The molecular formula is C47H28N2O2S. The predicted molar refractivity (Wildman–Crippen MR) is 217 cm³/mol. The quantitative estimate of drug-likeness (QED) is 0.181. The predicted octanol–water partition coefficient (Wildman–Crippen LogP) is 14.1. The highest BCUT2D eigenvalue weighted by Crippen LogP contribution is 2.48. The number of rotatable bonds is 5. The minimum absolute atomic E-state index is 0.595. The number of aromatic nitrogens is 1. The molecule has 0 aliphatic heterocycles. The average Bonchev–Trinajstić information content (AvgIpc) is 3.91. The number of thiophene rings is 1. The van der Waals surface area contributed by atoms with Crippen molar-refractivity contribution in [1.29, 1.82) is 0 Å². The molecule has 0 amide bonds. The van der Waals surface area contributed by atoms with E-state index in [0.717, 1.165) is 50.1 Å². The maximum absolute atomic E-state index is 6.58. The minimum Gasteiger partial charge on any atom is -0.456 e. The normalized spacial score (nSPS) is 11.8. The van der Waals surface area contributed by atoms with Gasteiger partial charge in [-0.3, -0.25) is 0 Å². The molecule has 52 heavy (non-hydrogen) atoms. The summed E-state index contributed by atoms with van der Waals surface area (Å²) < 4.78 is 15.3. The molecule has 0 radical (unpaired) electrons. The molecule has 0 fully saturated rings. The van der Waals surface area contributed by atoms with Crippen molar-refractivity contribution in [3.8, 4) is 22.6 Å². The number of oxazole rings is 1. The van der Waals surface area contributed by atoms with E-state index in [1.54, 1.807) is 0 Å². The summed E-state index contributed by atoms with van der Waals surface area (Å²) in [5, 5.41) is 7.01. The van der Waals surface area contributed by atoms with Crippen molar-refractivity contribution in [3.63, 3.8) is 0 Å². The smallest absolute Gasteiger partial charge is 0.227 e. The van der Waals surface area contributed by atoms with Crippen LogP contribution in [-0.2, 0) is 0 Å². The summed E-state index contributed by atoms with van der Waals surface area (Å²) in [5.41, 5.74) is 9.61. The molecule has 0 N–H and O–H groups in total. The Hall–Kier alpha value is -6.69. The van der Waals surface area contributed by atoms with Crippen molar-refractivity contribution in [1.82, 2.24) is 4.98 Å². The van der Waals surface area contributed by atoms with Gasteiger partial charge in [0.2, 0.25) is 5.89 Å². The Balaban J connectivity index is 1.15. The molecule has 0 saturated carbocycles. The fourth-order valence-corrected chi connectivity index (χ4v) is 8.91. The van der Waals surface area contributed by atoms with Crippen LogP contribution >= 0.6 is 11.3 Å². The van der Waals surface area contributed by atoms with Gasteiger partial charge in [-0.05, 0) is 76.5 Å². The SMILES string of the molecule is c1ccc(-c2nc3cc4c(cc3o2)oc2cccc(N(c3ccc(-c5cccc6ccccc56)cc3)c3cccc5c3sc3ccccc35)c24)cc1. The number of nitrogens with zero attached hydrogens (tertiary/aromatic N) is 2. The number of furan rings is 1. The van der Waals surface area contributed by atoms with Crippen molar-refractivity contribution >= 4 is 92.4 Å². The Morgan fingerprint density at radius 1 is 0.481 bits per heavy atom. The summed E-state index contributed by atoms with van der Waals surface area (Å²) in [6.07, 6.45) is 0.